The zero-order chi connectivity index (χ0) is 18.2. The molecule has 1 N–H and O–H groups in total. The van der Waals surface area contributed by atoms with Crippen LogP contribution < -0.4 is 5.32 Å². The summed E-state index contributed by atoms with van der Waals surface area (Å²) in [5.41, 5.74) is 2.47. The second kappa shape index (κ2) is 9.75. The molecule has 0 unspecified atom stereocenters. The largest absolute Gasteiger partial charge is 0.383 e. The number of nitrogens with zero attached hydrogens (tertiary/aromatic N) is 3. The van der Waals surface area contributed by atoms with Crippen molar-refractivity contribution in [3.63, 3.8) is 0 Å². The van der Waals surface area contributed by atoms with E-state index in [1.54, 1.807) is 7.11 Å². The van der Waals surface area contributed by atoms with Gasteiger partial charge in [-0.05, 0) is 26.6 Å². The van der Waals surface area contributed by atoms with Gasteiger partial charge in [-0.1, -0.05) is 29.8 Å². The number of benzene rings is 1. The van der Waals surface area contributed by atoms with Crippen molar-refractivity contribution in [2.75, 3.05) is 67.1 Å². The minimum atomic E-state index is 0.0327. The van der Waals surface area contributed by atoms with E-state index >= 15 is 0 Å². The maximum absolute atomic E-state index is 12.5. The highest BCUT2D eigenvalue weighted by molar-refractivity contribution is 5.74. The summed E-state index contributed by atoms with van der Waals surface area (Å²) in [4.78, 5) is 18.9. The van der Waals surface area contributed by atoms with Crippen LogP contribution in [0.3, 0.4) is 0 Å². The van der Waals surface area contributed by atoms with E-state index in [9.17, 15) is 4.79 Å². The molecule has 0 bridgehead atoms. The molecular weight excluding hydrogens is 316 g/mol. The van der Waals surface area contributed by atoms with Crippen molar-refractivity contribution in [1.29, 1.82) is 0 Å². The molecule has 1 saturated heterocycles. The molecule has 2 rings (SSSR count). The number of hydrogen-bond acceptors (Lipinski definition) is 4. The van der Waals surface area contributed by atoms with Crippen molar-refractivity contribution in [3.8, 4) is 0 Å². The zero-order valence-corrected chi connectivity index (χ0v) is 16.0. The van der Waals surface area contributed by atoms with E-state index in [1.807, 2.05) is 19.0 Å². The fraction of sp³-hybridized carbons (Fsp3) is 0.632. The molecule has 0 spiro atoms. The highest BCUT2D eigenvalue weighted by Crippen LogP contribution is 2.18. The van der Waals surface area contributed by atoms with Gasteiger partial charge in [-0.25, -0.2) is 4.79 Å². The topological polar surface area (TPSA) is 48.1 Å². The quantitative estimate of drug-likeness (QED) is 0.813. The molecule has 1 aromatic rings. The van der Waals surface area contributed by atoms with Gasteiger partial charge < -0.3 is 19.9 Å². The van der Waals surface area contributed by atoms with Crippen molar-refractivity contribution in [2.45, 2.75) is 13.0 Å². The molecule has 0 aromatic heterocycles. The minimum Gasteiger partial charge on any atom is -0.383 e. The van der Waals surface area contributed by atoms with Crippen LogP contribution >= 0.6 is 0 Å². The second-order valence-corrected chi connectivity index (χ2v) is 6.90. The van der Waals surface area contributed by atoms with Gasteiger partial charge in [0.2, 0.25) is 0 Å². The average Bonchev–Trinajstić information content (AvgIpc) is 2.61. The van der Waals surface area contributed by atoms with E-state index in [0.29, 0.717) is 6.54 Å². The van der Waals surface area contributed by atoms with Crippen molar-refractivity contribution >= 4 is 6.03 Å². The minimum absolute atomic E-state index is 0.0327. The van der Waals surface area contributed by atoms with Gasteiger partial charge in [0, 0.05) is 46.4 Å². The molecule has 1 aliphatic heterocycles. The number of carbonyl (C=O) groups excluding carboxylic acids is 1. The van der Waals surface area contributed by atoms with E-state index < -0.39 is 0 Å². The number of nitrogens with one attached hydrogen (secondary N) is 1. The highest BCUT2D eigenvalue weighted by atomic mass is 16.5. The summed E-state index contributed by atoms with van der Waals surface area (Å²) >= 11 is 0. The molecule has 25 heavy (non-hydrogen) atoms. The van der Waals surface area contributed by atoms with Crippen molar-refractivity contribution in [1.82, 2.24) is 20.0 Å². The summed E-state index contributed by atoms with van der Waals surface area (Å²) in [7, 11) is 5.81. The summed E-state index contributed by atoms with van der Waals surface area (Å²) in [6, 6.07) is 8.72. The lowest BCUT2D eigenvalue weighted by atomic mass is 10.0. The van der Waals surface area contributed by atoms with Crippen LogP contribution in [-0.4, -0.2) is 87.8 Å². The second-order valence-electron chi connectivity index (χ2n) is 6.90. The number of methoxy groups -OCH3 is 1. The van der Waals surface area contributed by atoms with Gasteiger partial charge in [0.25, 0.3) is 0 Å². The standard InChI is InChI=1S/C19H32N4O2/c1-16-5-7-17(8-6-16)18(21(2)3)15-20-19(24)23-11-9-22(10-12-23)13-14-25-4/h5-8,18H,9-15H2,1-4H3,(H,20,24)/t18-/m0/s1. The summed E-state index contributed by atoms with van der Waals surface area (Å²) in [5.74, 6) is 0. The third kappa shape index (κ3) is 5.99. The van der Waals surface area contributed by atoms with Crippen molar-refractivity contribution in [3.05, 3.63) is 35.4 Å². The molecule has 1 fully saturated rings. The normalized spacial score (nSPS) is 16.9. The fourth-order valence-electron chi connectivity index (χ4n) is 3.08. The third-order valence-corrected chi connectivity index (χ3v) is 4.80. The molecule has 2 amide bonds. The Labute approximate surface area is 151 Å². The molecule has 140 valence electrons. The van der Waals surface area contributed by atoms with E-state index in [-0.39, 0.29) is 12.1 Å². The van der Waals surface area contributed by atoms with E-state index in [2.05, 4.69) is 46.3 Å². The van der Waals surface area contributed by atoms with Crippen LogP contribution in [0.15, 0.2) is 24.3 Å². The molecular formula is C19H32N4O2. The van der Waals surface area contributed by atoms with Crippen LogP contribution in [0.4, 0.5) is 4.79 Å². The first-order chi connectivity index (χ1) is 12.0. The molecule has 0 radical (unpaired) electrons. The molecule has 1 heterocycles. The Kier molecular flexibility index (Phi) is 7.68. The summed E-state index contributed by atoms with van der Waals surface area (Å²) in [6.45, 7) is 7.73. The Hall–Kier alpha value is -1.63. The van der Waals surface area contributed by atoms with Crippen LogP contribution in [0.1, 0.15) is 17.2 Å². The van der Waals surface area contributed by atoms with Crippen LogP contribution in [0, 0.1) is 6.92 Å². The van der Waals surface area contributed by atoms with Crippen LogP contribution in [-0.2, 0) is 4.74 Å². The molecule has 0 saturated carbocycles. The smallest absolute Gasteiger partial charge is 0.317 e. The molecule has 1 atom stereocenters. The maximum Gasteiger partial charge on any atom is 0.317 e. The number of ether oxygens (including phenoxy) is 1. The molecule has 6 nitrogen and oxygen atoms in total. The van der Waals surface area contributed by atoms with E-state index in [4.69, 9.17) is 4.74 Å². The van der Waals surface area contributed by atoms with Crippen molar-refractivity contribution < 1.29 is 9.53 Å². The SMILES string of the molecule is COCCN1CCN(C(=O)NC[C@@H](c2ccc(C)cc2)N(C)C)CC1. The monoisotopic (exact) mass is 348 g/mol. The lowest BCUT2D eigenvalue weighted by Crippen LogP contribution is -2.53. The van der Waals surface area contributed by atoms with Gasteiger partial charge in [-0.3, -0.25) is 4.90 Å². The van der Waals surface area contributed by atoms with E-state index in [1.165, 1.54) is 11.1 Å². The number of hydrogen-bond donors (Lipinski definition) is 1. The van der Waals surface area contributed by atoms with Crippen molar-refractivity contribution in [2.24, 2.45) is 0 Å². The predicted molar refractivity (Wildman–Crippen MR) is 101 cm³/mol. The maximum atomic E-state index is 12.5. The first kappa shape index (κ1) is 19.7. The van der Waals surface area contributed by atoms with Gasteiger partial charge in [0.15, 0.2) is 0 Å². The number of aryl methyl sites for hydroxylation is 1. The van der Waals surface area contributed by atoms with Gasteiger partial charge in [0.05, 0.1) is 12.6 Å². The summed E-state index contributed by atoms with van der Waals surface area (Å²) in [6.07, 6.45) is 0. The Morgan fingerprint density at radius 2 is 1.84 bits per heavy atom. The summed E-state index contributed by atoms with van der Waals surface area (Å²) < 4.78 is 5.12. The lowest BCUT2D eigenvalue weighted by molar-refractivity contribution is 0.105. The molecule has 0 aliphatic carbocycles. The van der Waals surface area contributed by atoms with Gasteiger partial charge in [-0.2, -0.15) is 0 Å². The summed E-state index contributed by atoms with van der Waals surface area (Å²) in [5, 5.41) is 3.11. The van der Waals surface area contributed by atoms with Crippen LogP contribution in [0.2, 0.25) is 0 Å². The predicted octanol–water partition coefficient (Wildman–Crippen LogP) is 1.57. The molecule has 1 aliphatic rings. The Morgan fingerprint density at radius 3 is 2.40 bits per heavy atom. The Bertz CT molecular complexity index is 525. The van der Waals surface area contributed by atoms with Crippen LogP contribution in [0.5, 0.6) is 0 Å². The lowest BCUT2D eigenvalue weighted by Gasteiger charge is -2.35. The number of carbonyl (C=O) groups is 1. The first-order valence-corrected chi connectivity index (χ1v) is 8.98. The molecule has 1 aromatic carbocycles. The first-order valence-electron chi connectivity index (χ1n) is 8.98. The number of likely N-dealkylation sites (N-methyl/N-ethyl adjacent to an activating group) is 1. The Balaban J connectivity index is 1.82. The fourth-order valence-corrected chi connectivity index (χ4v) is 3.08. The zero-order valence-electron chi connectivity index (χ0n) is 16.0. The van der Waals surface area contributed by atoms with E-state index in [0.717, 1.165) is 39.3 Å². The van der Waals surface area contributed by atoms with Crippen LogP contribution in [0.25, 0.3) is 0 Å². The van der Waals surface area contributed by atoms with Gasteiger partial charge >= 0.3 is 6.03 Å². The van der Waals surface area contributed by atoms with Gasteiger partial charge in [-0.15, -0.1) is 0 Å². The highest BCUT2D eigenvalue weighted by Gasteiger charge is 2.22. The number of urea groups is 1. The average molecular weight is 348 g/mol. The number of rotatable bonds is 7. The molecule has 6 heteroatoms. The number of piperazine rings is 1. The third-order valence-electron chi connectivity index (χ3n) is 4.80. The Morgan fingerprint density at radius 1 is 1.20 bits per heavy atom. The van der Waals surface area contributed by atoms with Gasteiger partial charge in [0.1, 0.15) is 0 Å². The number of amides is 2.